The highest BCUT2D eigenvalue weighted by Crippen LogP contribution is 2.25. The minimum Gasteiger partial charge on any atom is -0.497 e. The molecule has 2 aromatic rings. The molecule has 0 heterocycles. The number of primary amides is 1. The van der Waals surface area contributed by atoms with Crippen LogP contribution in [0.15, 0.2) is 47.5 Å². The van der Waals surface area contributed by atoms with Gasteiger partial charge in [-0.2, -0.15) is 0 Å². The third-order valence-electron chi connectivity index (χ3n) is 4.16. The van der Waals surface area contributed by atoms with E-state index in [1.807, 2.05) is 42.3 Å². The summed E-state index contributed by atoms with van der Waals surface area (Å²) in [6.07, 6.45) is 0. The maximum Gasteiger partial charge on any atom is 0.248 e. The number of nitrogens with one attached hydrogen (secondary N) is 1. The summed E-state index contributed by atoms with van der Waals surface area (Å²) in [6, 6.07) is 12.9. The summed E-state index contributed by atoms with van der Waals surface area (Å²) in [4.78, 5) is 17.5. The standard InChI is InChI=1S/C20H26N4O3.HI/c1-22-20(23-12-14-5-7-15(8-6-14)19(21)25)24(2)13-16-9-10-17(26-3)11-18(16)27-4;/h5-11H,12-13H2,1-4H3,(H2,21,25)(H,22,23);1H. The molecule has 28 heavy (non-hydrogen) atoms. The molecule has 0 aliphatic rings. The molecule has 3 N–H and O–H groups in total. The Morgan fingerprint density at radius 3 is 2.36 bits per heavy atom. The number of aliphatic imine (C=N–C) groups is 1. The van der Waals surface area contributed by atoms with Crippen molar-refractivity contribution >= 4 is 35.8 Å². The number of hydrogen-bond donors (Lipinski definition) is 2. The molecule has 0 aromatic heterocycles. The van der Waals surface area contributed by atoms with Gasteiger partial charge >= 0.3 is 0 Å². The van der Waals surface area contributed by atoms with Crippen LogP contribution in [0.4, 0.5) is 0 Å². The summed E-state index contributed by atoms with van der Waals surface area (Å²) in [5, 5.41) is 3.31. The summed E-state index contributed by atoms with van der Waals surface area (Å²) in [7, 11) is 6.96. The quantitative estimate of drug-likeness (QED) is 0.348. The maximum atomic E-state index is 11.1. The number of carbonyl (C=O) groups excluding carboxylic acids is 1. The highest BCUT2D eigenvalue weighted by atomic mass is 127. The summed E-state index contributed by atoms with van der Waals surface area (Å²) in [6.45, 7) is 1.20. The Bertz CT molecular complexity index is 810. The Morgan fingerprint density at radius 1 is 1.14 bits per heavy atom. The lowest BCUT2D eigenvalue weighted by Gasteiger charge is -2.23. The van der Waals surface area contributed by atoms with Crippen molar-refractivity contribution in [2.75, 3.05) is 28.3 Å². The zero-order valence-corrected chi connectivity index (χ0v) is 18.9. The Kier molecular flexibility index (Phi) is 9.57. The number of nitrogens with zero attached hydrogens (tertiary/aromatic N) is 2. The van der Waals surface area contributed by atoms with Gasteiger partial charge in [-0.15, -0.1) is 24.0 Å². The van der Waals surface area contributed by atoms with Gasteiger partial charge in [0.05, 0.1) is 14.2 Å². The van der Waals surface area contributed by atoms with Gasteiger partial charge in [-0.05, 0) is 29.8 Å². The predicted octanol–water partition coefficient (Wildman–Crippen LogP) is 2.63. The molecule has 8 heteroatoms. The smallest absolute Gasteiger partial charge is 0.248 e. The van der Waals surface area contributed by atoms with Gasteiger partial charge in [-0.1, -0.05) is 12.1 Å². The second-order valence-electron chi connectivity index (χ2n) is 6.00. The van der Waals surface area contributed by atoms with E-state index in [0.717, 1.165) is 28.6 Å². The van der Waals surface area contributed by atoms with Gasteiger partial charge in [0, 0.05) is 44.4 Å². The van der Waals surface area contributed by atoms with E-state index in [-0.39, 0.29) is 24.0 Å². The first kappa shape index (κ1) is 23.5. The van der Waals surface area contributed by atoms with Gasteiger partial charge < -0.3 is 25.4 Å². The number of carbonyl (C=O) groups is 1. The Morgan fingerprint density at radius 2 is 1.82 bits per heavy atom. The van der Waals surface area contributed by atoms with Crippen molar-refractivity contribution < 1.29 is 14.3 Å². The second-order valence-corrected chi connectivity index (χ2v) is 6.00. The SMILES string of the molecule is CN=C(NCc1ccc(C(N)=O)cc1)N(C)Cc1ccc(OC)cc1OC.I. The molecular weight excluding hydrogens is 471 g/mol. The second kappa shape index (κ2) is 11.4. The number of nitrogens with two attached hydrogens (primary N) is 1. The average Bonchev–Trinajstić information content (AvgIpc) is 2.69. The van der Waals surface area contributed by atoms with Crippen LogP contribution in [-0.4, -0.2) is 45.1 Å². The molecule has 152 valence electrons. The molecule has 2 rings (SSSR count). The van der Waals surface area contributed by atoms with Crippen LogP contribution >= 0.6 is 24.0 Å². The van der Waals surface area contributed by atoms with Gasteiger partial charge in [-0.25, -0.2) is 0 Å². The van der Waals surface area contributed by atoms with Crippen LogP contribution in [0.2, 0.25) is 0 Å². The third-order valence-corrected chi connectivity index (χ3v) is 4.16. The molecule has 0 radical (unpaired) electrons. The van der Waals surface area contributed by atoms with Crippen LogP contribution in [-0.2, 0) is 13.1 Å². The van der Waals surface area contributed by atoms with Crippen LogP contribution in [0.1, 0.15) is 21.5 Å². The lowest BCUT2D eigenvalue weighted by atomic mass is 10.1. The molecule has 0 aliphatic heterocycles. The molecule has 2 aromatic carbocycles. The number of rotatable bonds is 7. The number of guanidine groups is 1. The fourth-order valence-corrected chi connectivity index (χ4v) is 2.67. The average molecular weight is 498 g/mol. The molecule has 1 amide bonds. The molecule has 0 spiro atoms. The molecule has 0 unspecified atom stereocenters. The number of methoxy groups -OCH3 is 2. The summed E-state index contributed by atoms with van der Waals surface area (Å²) >= 11 is 0. The van der Waals surface area contributed by atoms with Crippen molar-refractivity contribution in [1.29, 1.82) is 0 Å². The zero-order valence-electron chi connectivity index (χ0n) is 16.6. The minimum absolute atomic E-state index is 0. The van der Waals surface area contributed by atoms with Crippen LogP contribution in [0, 0.1) is 0 Å². The lowest BCUT2D eigenvalue weighted by molar-refractivity contribution is 0.100. The van der Waals surface area contributed by atoms with Gasteiger partial charge in [-0.3, -0.25) is 9.79 Å². The van der Waals surface area contributed by atoms with E-state index < -0.39 is 5.91 Å². The van der Waals surface area contributed by atoms with E-state index in [4.69, 9.17) is 15.2 Å². The summed E-state index contributed by atoms with van der Waals surface area (Å²) in [5.41, 5.74) is 7.80. The zero-order chi connectivity index (χ0) is 19.8. The van der Waals surface area contributed by atoms with Crippen molar-refractivity contribution in [2.45, 2.75) is 13.1 Å². The first-order chi connectivity index (χ1) is 13.0. The van der Waals surface area contributed by atoms with Gasteiger partial charge in [0.2, 0.25) is 5.91 Å². The number of benzene rings is 2. The number of halogens is 1. The van der Waals surface area contributed by atoms with Crippen molar-refractivity contribution in [3.05, 3.63) is 59.2 Å². The van der Waals surface area contributed by atoms with Crippen molar-refractivity contribution in [3.8, 4) is 11.5 Å². The van der Waals surface area contributed by atoms with E-state index in [1.165, 1.54) is 0 Å². The molecule has 0 bridgehead atoms. The largest absolute Gasteiger partial charge is 0.497 e. The first-order valence-corrected chi connectivity index (χ1v) is 8.50. The first-order valence-electron chi connectivity index (χ1n) is 8.50. The Hall–Kier alpha value is -2.49. The fraction of sp³-hybridized carbons (Fsp3) is 0.300. The lowest BCUT2D eigenvalue weighted by Crippen LogP contribution is -2.38. The van der Waals surface area contributed by atoms with Crippen LogP contribution in [0.25, 0.3) is 0 Å². The van der Waals surface area contributed by atoms with Crippen LogP contribution in [0.3, 0.4) is 0 Å². The Labute approximate surface area is 182 Å². The predicted molar refractivity (Wildman–Crippen MR) is 122 cm³/mol. The van der Waals surface area contributed by atoms with E-state index in [2.05, 4.69) is 10.3 Å². The number of ether oxygens (including phenoxy) is 2. The molecular formula is C20H27IN4O3. The number of amides is 1. The van der Waals surface area contributed by atoms with Crippen molar-refractivity contribution in [1.82, 2.24) is 10.2 Å². The molecule has 0 atom stereocenters. The molecule has 0 saturated carbocycles. The topological polar surface area (TPSA) is 89.2 Å². The van der Waals surface area contributed by atoms with Gasteiger partial charge in [0.1, 0.15) is 11.5 Å². The van der Waals surface area contributed by atoms with E-state index in [1.54, 1.807) is 33.4 Å². The van der Waals surface area contributed by atoms with E-state index >= 15 is 0 Å². The van der Waals surface area contributed by atoms with Gasteiger partial charge in [0.25, 0.3) is 0 Å². The molecule has 0 aliphatic carbocycles. The van der Waals surface area contributed by atoms with Crippen LogP contribution < -0.4 is 20.5 Å². The van der Waals surface area contributed by atoms with Crippen molar-refractivity contribution in [3.63, 3.8) is 0 Å². The molecule has 0 saturated heterocycles. The summed E-state index contributed by atoms with van der Waals surface area (Å²) < 4.78 is 10.7. The molecule has 7 nitrogen and oxygen atoms in total. The van der Waals surface area contributed by atoms with E-state index in [9.17, 15) is 4.79 Å². The van der Waals surface area contributed by atoms with E-state index in [0.29, 0.717) is 18.7 Å². The summed E-state index contributed by atoms with van der Waals surface area (Å²) in [5.74, 6) is 1.82. The minimum atomic E-state index is -0.432. The van der Waals surface area contributed by atoms with Crippen molar-refractivity contribution in [2.24, 2.45) is 10.7 Å². The maximum absolute atomic E-state index is 11.1. The third kappa shape index (κ3) is 6.29. The number of hydrogen-bond acceptors (Lipinski definition) is 4. The normalized spacial score (nSPS) is 10.6. The van der Waals surface area contributed by atoms with Gasteiger partial charge in [0.15, 0.2) is 5.96 Å². The Balaban J connectivity index is 0.00000392. The molecule has 0 fully saturated rings. The fourth-order valence-electron chi connectivity index (χ4n) is 2.67. The highest BCUT2D eigenvalue weighted by Gasteiger charge is 2.11. The highest BCUT2D eigenvalue weighted by molar-refractivity contribution is 14.0. The monoisotopic (exact) mass is 498 g/mol. The van der Waals surface area contributed by atoms with Crippen LogP contribution in [0.5, 0.6) is 11.5 Å².